The summed E-state index contributed by atoms with van der Waals surface area (Å²) >= 11 is 1.60. The summed E-state index contributed by atoms with van der Waals surface area (Å²) in [7, 11) is 0. The Morgan fingerprint density at radius 3 is 2.61 bits per heavy atom. The molecular formula is C22H25N3O2S. The molecule has 1 amide bonds. The molecule has 0 saturated carbocycles. The van der Waals surface area contributed by atoms with Gasteiger partial charge in [0.15, 0.2) is 0 Å². The summed E-state index contributed by atoms with van der Waals surface area (Å²) in [6, 6.07) is 9.77. The zero-order valence-corrected chi connectivity index (χ0v) is 17.1. The molecule has 1 fully saturated rings. The first kappa shape index (κ1) is 18.9. The van der Waals surface area contributed by atoms with E-state index in [1.807, 2.05) is 36.1 Å². The van der Waals surface area contributed by atoms with Crippen LogP contribution in [-0.2, 0) is 18.0 Å². The average Bonchev–Trinajstić information content (AvgIpc) is 3.30. The van der Waals surface area contributed by atoms with Gasteiger partial charge in [0.25, 0.3) is 5.91 Å². The van der Waals surface area contributed by atoms with Crippen molar-refractivity contribution < 1.29 is 9.53 Å². The van der Waals surface area contributed by atoms with Gasteiger partial charge >= 0.3 is 0 Å². The molecule has 0 spiro atoms. The van der Waals surface area contributed by atoms with Gasteiger partial charge in [-0.25, -0.2) is 4.98 Å². The molecule has 1 saturated heterocycles. The van der Waals surface area contributed by atoms with Crippen LogP contribution in [0.25, 0.3) is 10.2 Å². The van der Waals surface area contributed by atoms with Gasteiger partial charge in [0.05, 0.1) is 23.8 Å². The van der Waals surface area contributed by atoms with Crippen molar-refractivity contribution >= 4 is 33.1 Å². The maximum Gasteiger partial charge on any atom is 0.253 e. The molecule has 3 heterocycles. The van der Waals surface area contributed by atoms with Crippen LogP contribution in [0, 0.1) is 13.8 Å². The molecule has 0 atom stereocenters. The van der Waals surface area contributed by atoms with Gasteiger partial charge in [-0.1, -0.05) is 12.1 Å². The number of nitrogen functional groups attached to an aromatic ring is 1. The van der Waals surface area contributed by atoms with Crippen molar-refractivity contribution in [2.24, 2.45) is 0 Å². The topological polar surface area (TPSA) is 68.5 Å². The van der Waals surface area contributed by atoms with Crippen LogP contribution in [0.3, 0.4) is 0 Å². The fraction of sp³-hybridized carbons (Fsp3) is 0.364. The first-order valence-electron chi connectivity index (χ1n) is 9.64. The quantitative estimate of drug-likeness (QED) is 0.693. The van der Waals surface area contributed by atoms with Crippen LogP contribution < -0.4 is 5.73 Å². The molecular weight excluding hydrogens is 370 g/mol. The molecule has 1 aliphatic rings. The van der Waals surface area contributed by atoms with E-state index >= 15 is 0 Å². The minimum atomic E-state index is 0.126. The predicted octanol–water partition coefficient (Wildman–Crippen LogP) is 4.45. The molecule has 0 radical (unpaired) electrons. The Hall–Kier alpha value is -2.44. The maximum absolute atomic E-state index is 12.4. The largest absolute Gasteiger partial charge is 0.397 e. The monoisotopic (exact) mass is 395 g/mol. The smallest absolute Gasteiger partial charge is 0.253 e. The molecule has 1 aromatic carbocycles. The summed E-state index contributed by atoms with van der Waals surface area (Å²) in [6.45, 7) is 6.74. The summed E-state index contributed by atoms with van der Waals surface area (Å²) in [5.41, 5.74) is 11.1. The van der Waals surface area contributed by atoms with Gasteiger partial charge in [-0.05, 0) is 56.0 Å². The molecule has 146 valence electrons. The molecule has 1 aliphatic heterocycles. The fourth-order valence-electron chi connectivity index (χ4n) is 3.73. The number of amides is 1. The van der Waals surface area contributed by atoms with Crippen molar-refractivity contribution in [2.45, 2.75) is 39.9 Å². The highest BCUT2D eigenvalue weighted by Crippen LogP contribution is 2.35. The summed E-state index contributed by atoms with van der Waals surface area (Å²) in [5, 5.41) is 1.04. The number of anilines is 1. The molecule has 28 heavy (non-hydrogen) atoms. The number of ether oxygens (including phenoxy) is 1. The van der Waals surface area contributed by atoms with Crippen LogP contribution in [0.1, 0.15) is 44.9 Å². The van der Waals surface area contributed by atoms with Crippen molar-refractivity contribution in [3.05, 3.63) is 57.6 Å². The molecule has 2 N–H and O–H groups in total. The first-order valence-corrected chi connectivity index (χ1v) is 10.5. The highest BCUT2D eigenvalue weighted by molar-refractivity contribution is 7.19. The number of pyridine rings is 1. The number of thiophene rings is 1. The number of hydrogen-bond donors (Lipinski definition) is 1. The highest BCUT2D eigenvalue weighted by Gasteiger charge is 2.19. The van der Waals surface area contributed by atoms with Crippen molar-refractivity contribution in [2.75, 3.05) is 18.8 Å². The second-order valence-electron chi connectivity index (χ2n) is 7.39. The number of fused-ring (bicyclic) bond motifs is 1. The summed E-state index contributed by atoms with van der Waals surface area (Å²) in [4.78, 5) is 20.9. The number of aryl methyl sites for hydroxylation is 2. The van der Waals surface area contributed by atoms with Crippen molar-refractivity contribution in [3.8, 4) is 0 Å². The Kier molecular flexibility index (Phi) is 5.33. The standard InChI is InChI=1S/C22H25N3O2S/c1-14-11-15(2)24-21-19(14)20(23)18(28-21)13-27-12-16-5-7-17(8-6-16)22(26)25-9-3-4-10-25/h5-8,11H,3-4,9-10,12-13,23H2,1-2H3. The van der Waals surface area contributed by atoms with Gasteiger partial charge in [-0.15, -0.1) is 11.3 Å². The third-order valence-electron chi connectivity index (χ3n) is 5.20. The number of likely N-dealkylation sites (tertiary alicyclic amines) is 1. The molecule has 0 unspecified atom stereocenters. The predicted molar refractivity (Wildman–Crippen MR) is 114 cm³/mol. The van der Waals surface area contributed by atoms with Crippen LogP contribution in [0.2, 0.25) is 0 Å². The molecule has 6 heteroatoms. The van der Waals surface area contributed by atoms with E-state index in [9.17, 15) is 4.79 Å². The molecule has 5 nitrogen and oxygen atoms in total. The summed E-state index contributed by atoms with van der Waals surface area (Å²) in [6.07, 6.45) is 2.21. The van der Waals surface area contributed by atoms with Crippen LogP contribution in [0.5, 0.6) is 0 Å². The third kappa shape index (κ3) is 3.75. The molecule has 0 bridgehead atoms. The Labute approximate surface area is 169 Å². The lowest BCUT2D eigenvalue weighted by Crippen LogP contribution is -2.27. The molecule has 4 rings (SSSR count). The van der Waals surface area contributed by atoms with E-state index < -0.39 is 0 Å². The second-order valence-corrected chi connectivity index (χ2v) is 8.47. The van der Waals surface area contributed by atoms with Crippen molar-refractivity contribution in [1.82, 2.24) is 9.88 Å². The lowest BCUT2D eigenvalue weighted by molar-refractivity contribution is 0.0792. The second kappa shape index (κ2) is 7.89. The summed E-state index contributed by atoms with van der Waals surface area (Å²) in [5.74, 6) is 0.126. The van der Waals surface area contributed by atoms with Gasteiger partial charge in [0, 0.05) is 29.7 Å². The van der Waals surface area contributed by atoms with E-state index in [0.717, 1.165) is 69.1 Å². The number of benzene rings is 1. The number of rotatable bonds is 5. The maximum atomic E-state index is 12.4. The number of nitrogens with zero attached hydrogens (tertiary/aromatic N) is 2. The Morgan fingerprint density at radius 1 is 1.18 bits per heavy atom. The van der Waals surface area contributed by atoms with Crippen LogP contribution in [0.15, 0.2) is 30.3 Å². The van der Waals surface area contributed by atoms with Crippen molar-refractivity contribution in [1.29, 1.82) is 0 Å². The van der Waals surface area contributed by atoms with E-state index in [1.165, 1.54) is 0 Å². The van der Waals surface area contributed by atoms with E-state index in [-0.39, 0.29) is 5.91 Å². The number of nitrogens with two attached hydrogens (primary N) is 1. The SMILES string of the molecule is Cc1cc(C)c2c(N)c(COCc3ccc(C(=O)N4CCCC4)cc3)sc2n1. The number of aromatic nitrogens is 1. The van der Waals surface area contributed by atoms with E-state index in [1.54, 1.807) is 11.3 Å². The summed E-state index contributed by atoms with van der Waals surface area (Å²) < 4.78 is 5.89. The molecule has 0 aliphatic carbocycles. The van der Waals surface area contributed by atoms with Crippen LogP contribution in [-0.4, -0.2) is 28.9 Å². The minimum Gasteiger partial charge on any atom is -0.397 e. The van der Waals surface area contributed by atoms with Gasteiger partial charge in [-0.3, -0.25) is 4.79 Å². The average molecular weight is 396 g/mol. The van der Waals surface area contributed by atoms with Gasteiger partial charge < -0.3 is 15.4 Å². The normalized spacial score (nSPS) is 14.1. The highest BCUT2D eigenvalue weighted by atomic mass is 32.1. The van der Waals surface area contributed by atoms with E-state index in [0.29, 0.717) is 13.2 Å². The van der Waals surface area contributed by atoms with E-state index in [2.05, 4.69) is 18.0 Å². The molecule has 2 aromatic heterocycles. The number of carbonyl (C=O) groups excluding carboxylic acids is 1. The first-order chi connectivity index (χ1) is 13.5. The number of hydrogen-bond acceptors (Lipinski definition) is 5. The number of carbonyl (C=O) groups is 1. The zero-order valence-electron chi connectivity index (χ0n) is 16.3. The van der Waals surface area contributed by atoms with Gasteiger partial charge in [-0.2, -0.15) is 0 Å². The minimum absolute atomic E-state index is 0.126. The van der Waals surface area contributed by atoms with Gasteiger partial charge in [0.2, 0.25) is 0 Å². The third-order valence-corrected chi connectivity index (χ3v) is 6.27. The lowest BCUT2D eigenvalue weighted by atomic mass is 10.1. The van der Waals surface area contributed by atoms with E-state index in [4.69, 9.17) is 10.5 Å². The van der Waals surface area contributed by atoms with Gasteiger partial charge in [0.1, 0.15) is 4.83 Å². The Bertz CT molecular complexity index is 1000. The fourth-order valence-corrected chi connectivity index (χ4v) is 4.88. The lowest BCUT2D eigenvalue weighted by Gasteiger charge is -2.15. The molecule has 3 aromatic rings. The van der Waals surface area contributed by atoms with Crippen LogP contribution in [0.4, 0.5) is 5.69 Å². The Morgan fingerprint density at radius 2 is 1.89 bits per heavy atom. The Balaban J connectivity index is 1.39. The zero-order chi connectivity index (χ0) is 19.7. The van der Waals surface area contributed by atoms with Crippen molar-refractivity contribution in [3.63, 3.8) is 0 Å². The van der Waals surface area contributed by atoms with Crippen LogP contribution >= 0.6 is 11.3 Å².